The van der Waals surface area contributed by atoms with Crippen molar-refractivity contribution in [2.24, 2.45) is 0 Å². The largest absolute Gasteiger partial charge is 0.497 e. The molecular weight excluding hydrogens is 368 g/mol. The second kappa shape index (κ2) is 8.41. The minimum Gasteiger partial charge on any atom is -0.497 e. The Morgan fingerprint density at radius 2 is 1.67 bits per heavy atom. The lowest BCUT2D eigenvalue weighted by Gasteiger charge is -2.20. The molecule has 0 saturated heterocycles. The number of sulfonamides is 1. The van der Waals surface area contributed by atoms with E-state index in [1.807, 2.05) is 0 Å². The zero-order chi connectivity index (χ0) is 20.1. The molecule has 0 unspecified atom stereocenters. The summed E-state index contributed by atoms with van der Waals surface area (Å²) in [5.41, 5.74) is -0.236. The van der Waals surface area contributed by atoms with E-state index in [9.17, 15) is 13.2 Å². The van der Waals surface area contributed by atoms with Crippen molar-refractivity contribution in [3.63, 3.8) is 0 Å². The summed E-state index contributed by atoms with van der Waals surface area (Å²) in [6, 6.07) is 12.9. The number of carbonyl (C=O) groups excluding carboxylic acids is 1. The van der Waals surface area contributed by atoms with Crippen LogP contribution < -0.4 is 19.5 Å². The van der Waals surface area contributed by atoms with E-state index in [1.165, 1.54) is 12.1 Å². The quantitative estimate of drug-likeness (QED) is 0.756. The maximum atomic E-state index is 12.4. The van der Waals surface area contributed by atoms with E-state index in [1.54, 1.807) is 64.3 Å². The van der Waals surface area contributed by atoms with Crippen LogP contribution >= 0.6 is 0 Å². The number of ether oxygens (including phenoxy) is 2. The van der Waals surface area contributed by atoms with Crippen LogP contribution in [0, 0.1) is 0 Å². The summed E-state index contributed by atoms with van der Waals surface area (Å²) in [5, 5.41) is 2.63. The van der Waals surface area contributed by atoms with Crippen LogP contribution in [0.1, 0.15) is 20.8 Å². The zero-order valence-corrected chi connectivity index (χ0v) is 16.6. The van der Waals surface area contributed by atoms with Gasteiger partial charge in [0, 0.05) is 11.2 Å². The molecule has 8 heteroatoms. The van der Waals surface area contributed by atoms with E-state index in [4.69, 9.17) is 9.47 Å². The summed E-state index contributed by atoms with van der Waals surface area (Å²) in [5.74, 6) is 0.814. The molecule has 0 aliphatic heterocycles. The Hall–Kier alpha value is -2.58. The Morgan fingerprint density at radius 3 is 2.26 bits per heavy atom. The average molecular weight is 392 g/mol. The van der Waals surface area contributed by atoms with Gasteiger partial charge in [-0.05, 0) is 63.2 Å². The first kappa shape index (κ1) is 20.7. The fourth-order valence-electron chi connectivity index (χ4n) is 2.22. The van der Waals surface area contributed by atoms with Gasteiger partial charge in [0.2, 0.25) is 10.0 Å². The molecule has 2 rings (SSSR count). The van der Waals surface area contributed by atoms with Crippen LogP contribution in [0.3, 0.4) is 0 Å². The highest BCUT2D eigenvalue weighted by Gasteiger charge is 2.22. The van der Waals surface area contributed by atoms with E-state index < -0.39 is 21.5 Å². The normalized spacial score (nSPS) is 11.7. The van der Waals surface area contributed by atoms with E-state index >= 15 is 0 Å². The molecule has 0 bridgehead atoms. The summed E-state index contributed by atoms with van der Waals surface area (Å²) in [7, 11) is -2.12. The number of methoxy groups -OCH3 is 1. The Labute approximate surface area is 159 Å². The molecule has 0 radical (unpaired) electrons. The van der Waals surface area contributed by atoms with Gasteiger partial charge in [-0.3, -0.25) is 4.79 Å². The molecule has 2 N–H and O–H groups in total. The number of carbonyl (C=O) groups is 1. The summed E-state index contributed by atoms with van der Waals surface area (Å²) in [6.45, 7) is 5.07. The molecule has 7 nitrogen and oxygen atoms in total. The number of hydrogen-bond acceptors (Lipinski definition) is 5. The average Bonchev–Trinajstić information content (AvgIpc) is 2.58. The van der Waals surface area contributed by atoms with Crippen LogP contribution in [0.2, 0.25) is 0 Å². The van der Waals surface area contributed by atoms with Crippen molar-refractivity contribution in [1.29, 1.82) is 0 Å². The number of nitrogens with one attached hydrogen (secondary N) is 2. The summed E-state index contributed by atoms with van der Waals surface area (Å²) >= 11 is 0. The number of benzene rings is 2. The lowest BCUT2D eigenvalue weighted by molar-refractivity contribution is -0.118. The number of rotatable bonds is 7. The van der Waals surface area contributed by atoms with E-state index in [0.717, 1.165) is 0 Å². The summed E-state index contributed by atoms with van der Waals surface area (Å²) in [4.78, 5) is 12.1. The summed E-state index contributed by atoms with van der Waals surface area (Å²) in [6.07, 6.45) is 0. The Morgan fingerprint density at radius 1 is 1.04 bits per heavy atom. The van der Waals surface area contributed by atoms with Gasteiger partial charge in [0.1, 0.15) is 11.5 Å². The van der Waals surface area contributed by atoms with Crippen LogP contribution in [0.15, 0.2) is 53.4 Å². The zero-order valence-electron chi connectivity index (χ0n) is 15.8. The monoisotopic (exact) mass is 392 g/mol. The molecule has 2 aromatic rings. The number of anilines is 1. The van der Waals surface area contributed by atoms with Gasteiger partial charge in [-0.15, -0.1) is 0 Å². The van der Waals surface area contributed by atoms with E-state index in [2.05, 4.69) is 10.0 Å². The van der Waals surface area contributed by atoms with Gasteiger partial charge in [-0.2, -0.15) is 0 Å². The van der Waals surface area contributed by atoms with Crippen molar-refractivity contribution in [2.45, 2.75) is 31.2 Å². The highest BCUT2D eigenvalue weighted by Crippen LogP contribution is 2.19. The highest BCUT2D eigenvalue weighted by molar-refractivity contribution is 7.89. The third-order valence-electron chi connectivity index (χ3n) is 3.30. The molecule has 146 valence electrons. The second-order valence-corrected chi connectivity index (χ2v) is 8.58. The van der Waals surface area contributed by atoms with Crippen molar-refractivity contribution in [3.05, 3.63) is 48.5 Å². The Kier molecular flexibility index (Phi) is 6.45. The van der Waals surface area contributed by atoms with Crippen LogP contribution in [-0.2, 0) is 14.8 Å². The Balaban J connectivity index is 1.99. The minimum atomic E-state index is -3.68. The molecule has 27 heavy (non-hydrogen) atoms. The van der Waals surface area contributed by atoms with Crippen molar-refractivity contribution in [2.75, 3.05) is 19.0 Å². The summed E-state index contributed by atoms with van der Waals surface area (Å²) < 4.78 is 37.8. The third kappa shape index (κ3) is 6.58. The highest BCUT2D eigenvalue weighted by atomic mass is 32.2. The third-order valence-corrected chi connectivity index (χ3v) is 5.05. The first-order chi connectivity index (χ1) is 12.6. The van der Waals surface area contributed by atoms with Gasteiger partial charge in [0.25, 0.3) is 5.91 Å². The van der Waals surface area contributed by atoms with Crippen molar-refractivity contribution < 1.29 is 22.7 Å². The lowest BCUT2D eigenvalue weighted by Crippen LogP contribution is -2.40. The van der Waals surface area contributed by atoms with Gasteiger partial charge in [0.15, 0.2) is 6.61 Å². The SMILES string of the molecule is COc1ccc(OCC(=O)Nc2cccc(S(=O)(=O)NC(C)(C)C)c2)cc1. The first-order valence-electron chi connectivity index (χ1n) is 8.30. The topological polar surface area (TPSA) is 93.7 Å². The lowest BCUT2D eigenvalue weighted by atomic mass is 10.1. The maximum Gasteiger partial charge on any atom is 0.262 e. The fraction of sp³-hybridized carbons (Fsp3) is 0.316. The van der Waals surface area contributed by atoms with Gasteiger partial charge < -0.3 is 14.8 Å². The van der Waals surface area contributed by atoms with Crippen LogP contribution in [0.25, 0.3) is 0 Å². The molecule has 2 aromatic carbocycles. The van der Waals surface area contributed by atoms with Crippen LogP contribution in [-0.4, -0.2) is 33.6 Å². The number of hydrogen-bond donors (Lipinski definition) is 2. The van der Waals surface area contributed by atoms with Gasteiger partial charge in [-0.25, -0.2) is 13.1 Å². The molecule has 0 spiro atoms. The predicted octanol–water partition coefficient (Wildman–Crippen LogP) is 2.79. The molecule has 0 aliphatic rings. The first-order valence-corrected chi connectivity index (χ1v) is 9.78. The van der Waals surface area contributed by atoms with Crippen molar-refractivity contribution in [1.82, 2.24) is 4.72 Å². The van der Waals surface area contributed by atoms with Crippen molar-refractivity contribution >= 4 is 21.6 Å². The van der Waals surface area contributed by atoms with Crippen LogP contribution in [0.4, 0.5) is 5.69 Å². The second-order valence-electron chi connectivity index (χ2n) is 6.90. The van der Waals surface area contributed by atoms with Gasteiger partial charge in [0.05, 0.1) is 12.0 Å². The molecule has 0 saturated carbocycles. The standard InChI is InChI=1S/C19H24N2O5S/c1-19(2,3)21-27(23,24)17-7-5-6-14(12-17)20-18(22)13-26-16-10-8-15(25-4)9-11-16/h5-12,21H,13H2,1-4H3,(H,20,22). The molecule has 0 atom stereocenters. The van der Waals surface area contributed by atoms with Gasteiger partial charge in [-0.1, -0.05) is 6.07 Å². The molecule has 0 aliphatic carbocycles. The minimum absolute atomic E-state index is 0.0753. The predicted molar refractivity (Wildman–Crippen MR) is 104 cm³/mol. The van der Waals surface area contributed by atoms with E-state index in [0.29, 0.717) is 17.2 Å². The Bertz CT molecular complexity index is 887. The molecule has 0 aromatic heterocycles. The maximum absolute atomic E-state index is 12.4. The van der Waals surface area contributed by atoms with Crippen molar-refractivity contribution in [3.8, 4) is 11.5 Å². The smallest absolute Gasteiger partial charge is 0.262 e. The molecule has 0 heterocycles. The van der Waals surface area contributed by atoms with Crippen LogP contribution in [0.5, 0.6) is 11.5 Å². The molecular formula is C19H24N2O5S. The molecule has 0 fully saturated rings. The van der Waals surface area contributed by atoms with Gasteiger partial charge >= 0.3 is 0 Å². The number of amides is 1. The molecule has 1 amide bonds. The van der Waals surface area contributed by atoms with E-state index in [-0.39, 0.29) is 11.5 Å². The fourth-order valence-corrected chi connectivity index (χ4v) is 3.68.